The summed E-state index contributed by atoms with van der Waals surface area (Å²) in [5, 5.41) is 9.86. The smallest absolute Gasteiger partial charge is 0.122 e. The minimum absolute atomic E-state index is 0.0674. The van der Waals surface area contributed by atoms with E-state index in [1.807, 2.05) is 0 Å². The summed E-state index contributed by atoms with van der Waals surface area (Å²) in [7, 11) is 0. The Morgan fingerprint density at radius 1 is 1.21 bits per heavy atom. The molecule has 1 N–H and O–H groups in total. The van der Waals surface area contributed by atoms with Crippen LogP contribution in [0, 0.1) is 0 Å². The molecule has 1 aromatic rings. The van der Waals surface area contributed by atoms with Gasteiger partial charge in [0.05, 0.1) is 12.7 Å². The largest absolute Gasteiger partial charge is 0.493 e. The minimum atomic E-state index is -0.0674. The van der Waals surface area contributed by atoms with Gasteiger partial charge in [0.1, 0.15) is 5.75 Å². The second kappa shape index (κ2) is 4.50. The van der Waals surface area contributed by atoms with Gasteiger partial charge in [-0.05, 0) is 42.9 Å². The Morgan fingerprint density at radius 3 is 2.79 bits per heavy atom. The molecule has 2 bridgehead atoms. The van der Waals surface area contributed by atoms with Gasteiger partial charge in [0.2, 0.25) is 0 Å². The van der Waals surface area contributed by atoms with Crippen molar-refractivity contribution in [2.75, 3.05) is 6.61 Å². The van der Waals surface area contributed by atoms with E-state index < -0.39 is 0 Å². The molecule has 0 saturated carbocycles. The second-order valence-electron chi connectivity index (χ2n) is 6.22. The van der Waals surface area contributed by atoms with E-state index in [0.29, 0.717) is 12.1 Å². The molecule has 2 atom stereocenters. The van der Waals surface area contributed by atoms with Crippen LogP contribution in [0.4, 0.5) is 0 Å². The highest BCUT2D eigenvalue weighted by molar-refractivity contribution is 5.39. The molecule has 0 aliphatic carbocycles. The van der Waals surface area contributed by atoms with Crippen LogP contribution in [-0.4, -0.2) is 34.8 Å². The molecule has 3 heteroatoms. The van der Waals surface area contributed by atoms with Crippen molar-refractivity contribution < 1.29 is 9.84 Å². The van der Waals surface area contributed by atoms with Crippen LogP contribution in [0.1, 0.15) is 36.8 Å². The molecule has 0 spiro atoms. The zero-order chi connectivity index (χ0) is 12.8. The number of hydrogen-bond donors (Lipinski definition) is 1. The van der Waals surface area contributed by atoms with E-state index >= 15 is 0 Å². The first-order valence-electron chi connectivity index (χ1n) is 7.48. The van der Waals surface area contributed by atoms with E-state index in [4.69, 9.17) is 4.74 Å². The summed E-state index contributed by atoms with van der Waals surface area (Å²) in [6.07, 6.45) is 5.43. The Bertz CT molecular complexity index is 474. The molecule has 1 aromatic carbocycles. The van der Waals surface area contributed by atoms with Crippen molar-refractivity contribution in [2.24, 2.45) is 0 Å². The fraction of sp³-hybridized carbons (Fsp3) is 0.625. The van der Waals surface area contributed by atoms with Gasteiger partial charge in [0.25, 0.3) is 0 Å². The molecule has 3 aliphatic heterocycles. The number of nitrogens with zero attached hydrogens (tertiary/aromatic N) is 1. The number of aliphatic hydroxyl groups is 1. The molecular weight excluding hydrogens is 238 g/mol. The Hall–Kier alpha value is -1.06. The number of fused-ring (bicyclic) bond motifs is 3. The highest BCUT2D eigenvalue weighted by Gasteiger charge is 2.39. The lowest BCUT2D eigenvalue weighted by atomic mass is 9.98. The van der Waals surface area contributed by atoms with Gasteiger partial charge in [-0.3, -0.25) is 4.90 Å². The van der Waals surface area contributed by atoms with Gasteiger partial charge < -0.3 is 9.84 Å². The molecule has 2 fully saturated rings. The summed E-state index contributed by atoms with van der Waals surface area (Å²) < 4.78 is 5.57. The lowest BCUT2D eigenvalue weighted by Crippen LogP contribution is -2.44. The molecule has 0 amide bonds. The average Bonchev–Trinajstić information content (AvgIpc) is 2.94. The van der Waals surface area contributed by atoms with Gasteiger partial charge in [-0.15, -0.1) is 0 Å². The van der Waals surface area contributed by atoms with Gasteiger partial charge in [-0.2, -0.15) is 0 Å². The lowest BCUT2D eigenvalue weighted by Gasteiger charge is -2.37. The molecule has 102 valence electrons. The molecule has 0 aromatic heterocycles. The molecule has 2 saturated heterocycles. The Kier molecular flexibility index (Phi) is 2.78. The van der Waals surface area contributed by atoms with Crippen molar-refractivity contribution in [1.29, 1.82) is 0 Å². The number of benzene rings is 1. The summed E-state index contributed by atoms with van der Waals surface area (Å²) in [5.74, 6) is 1.07. The number of hydrogen-bond acceptors (Lipinski definition) is 3. The van der Waals surface area contributed by atoms with Crippen LogP contribution in [0.5, 0.6) is 5.75 Å². The maximum atomic E-state index is 9.86. The number of ether oxygens (including phenoxy) is 1. The van der Waals surface area contributed by atoms with Crippen LogP contribution in [0.3, 0.4) is 0 Å². The van der Waals surface area contributed by atoms with Gasteiger partial charge >= 0.3 is 0 Å². The quantitative estimate of drug-likeness (QED) is 0.883. The third kappa shape index (κ3) is 2.05. The molecule has 0 radical (unpaired) electrons. The van der Waals surface area contributed by atoms with Crippen molar-refractivity contribution in [3.05, 3.63) is 29.3 Å². The third-order valence-corrected chi connectivity index (χ3v) is 4.98. The zero-order valence-electron chi connectivity index (χ0n) is 11.2. The van der Waals surface area contributed by atoms with Gasteiger partial charge in [0.15, 0.2) is 0 Å². The maximum absolute atomic E-state index is 9.86. The summed E-state index contributed by atoms with van der Waals surface area (Å²) in [4.78, 5) is 2.62. The van der Waals surface area contributed by atoms with Crippen LogP contribution in [-0.2, 0) is 13.0 Å². The molecular formula is C16H21NO2. The lowest BCUT2D eigenvalue weighted by molar-refractivity contribution is 0.0310. The van der Waals surface area contributed by atoms with Crippen LogP contribution in [0.2, 0.25) is 0 Å². The highest BCUT2D eigenvalue weighted by atomic mass is 16.5. The Balaban J connectivity index is 1.53. The van der Waals surface area contributed by atoms with E-state index in [0.717, 1.165) is 38.2 Å². The summed E-state index contributed by atoms with van der Waals surface area (Å²) in [6, 6.07) is 7.83. The molecule has 3 heterocycles. The summed E-state index contributed by atoms with van der Waals surface area (Å²) in [6.45, 7) is 1.87. The van der Waals surface area contributed by atoms with Gasteiger partial charge in [0, 0.05) is 25.0 Å². The van der Waals surface area contributed by atoms with E-state index in [9.17, 15) is 5.11 Å². The average molecular weight is 259 g/mol. The van der Waals surface area contributed by atoms with Crippen LogP contribution < -0.4 is 4.74 Å². The number of rotatable bonds is 2. The summed E-state index contributed by atoms with van der Waals surface area (Å²) in [5.41, 5.74) is 2.76. The second-order valence-corrected chi connectivity index (χ2v) is 6.22. The molecule has 3 nitrogen and oxygen atoms in total. The fourth-order valence-electron chi connectivity index (χ4n) is 4.05. The van der Waals surface area contributed by atoms with E-state index in [1.54, 1.807) is 0 Å². The van der Waals surface area contributed by atoms with Crippen molar-refractivity contribution in [3.63, 3.8) is 0 Å². The van der Waals surface area contributed by atoms with Crippen LogP contribution in [0.15, 0.2) is 18.2 Å². The van der Waals surface area contributed by atoms with Gasteiger partial charge in [-0.1, -0.05) is 12.1 Å². The zero-order valence-corrected chi connectivity index (χ0v) is 11.2. The predicted octanol–water partition coefficient (Wildman–Crippen LogP) is 2.11. The van der Waals surface area contributed by atoms with Gasteiger partial charge in [-0.25, -0.2) is 0 Å². The standard InChI is InChI=1S/C16H21NO2/c18-15-8-13-2-3-14(9-15)17(13)10-11-1-4-16-12(7-11)5-6-19-16/h1,4,7,13-15,18H,2-3,5-6,8-10H2. The van der Waals surface area contributed by atoms with Crippen molar-refractivity contribution >= 4 is 0 Å². The maximum Gasteiger partial charge on any atom is 0.122 e. The third-order valence-electron chi connectivity index (χ3n) is 4.98. The first-order valence-corrected chi connectivity index (χ1v) is 7.48. The molecule has 2 unspecified atom stereocenters. The van der Waals surface area contributed by atoms with Crippen molar-refractivity contribution in [3.8, 4) is 5.75 Å². The Labute approximate surface area is 114 Å². The Morgan fingerprint density at radius 2 is 2.00 bits per heavy atom. The normalized spacial score (nSPS) is 33.2. The fourth-order valence-corrected chi connectivity index (χ4v) is 4.05. The van der Waals surface area contributed by atoms with E-state index in [1.165, 1.54) is 24.0 Å². The van der Waals surface area contributed by atoms with Crippen molar-refractivity contribution in [2.45, 2.75) is 56.8 Å². The van der Waals surface area contributed by atoms with Crippen molar-refractivity contribution in [1.82, 2.24) is 4.90 Å². The SMILES string of the molecule is OC1CC2CCC(C1)N2Cc1ccc2c(c1)CCO2. The van der Waals surface area contributed by atoms with Crippen LogP contribution >= 0.6 is 0 Å². The highest BCUT2D eigenvalue weighted by Crippen LogP contribution is 2.37. The topological polar surface area (TPSA) is 32.7 Å². The van der Waals surface area contributed by atoms with Crippen LogP contribution in [0.25, 0.3) is 0 Å². The molecule has 3 aliphatic rings. The predicted molar refractivity (Wildman–Crippen MR) is 73.2 cm³/mol. The molecule has 19 heavy (non-hydrogen) atoms. The van der Waals surface area contributed by atoms with E-state index in [-0.39, 0.29) is 6.10 Å². The monoisotopic (exact) mass is 259 g/mol. The minimum Gasteiger partial charge on any atom is -0.493 e. The number of piperidine rings is 1. The first-order chi connectivity index (χ1) is 9.29. The molecule has 4 rings (SSSR count). The number of aliphatic hydroxyl groups excluding tert-OH is 1. The first kappa shape index (κ1) is 11.7. The summed E-state index contributed by atoms with van der Waals surface area (Å²) >= 11 is 0. The van der Waals surface area contributed by atoms with E-state index in [2.05, 4.69) is 23.1 Å².